The molecule has 0 atom stereocenters. The maximum absolute atomic E-state index is 3.64. The van der Waals surface area contributed by atoms with Crippen LogP contribution < -0.4 is 0 Å². The van der Waals surface area contributed by atoms with Crippen LogP contribution in [0.25, 0.3) is 21.8 Å². The Bertz CT molecular complexity index is 717. The lowest BCUT2D eigenvalue weighted by Crippen LogP contribution is -2.04. The summed E-state index contributed by atoms with van der Waals surface area (Å²) in [5.74, 6) is 0.755. The zero-order valence-electron chi connectivity index (χ0n) is 11.2. The lowest BCUT2D eigenvalue weighted by molar-refractivity contribution is 0.445. The van der Waals surface area contributed by atoms with Gasteiger partial charge >= 0.3 is 0 Å². The summed E-state index contributed by atoms with van der Waals surface area (Å²) in [4.78, 5) is 3.64. The monoisotopic (exact) mass is 249 g/mol. The summed E-state index contributed by atoms with van der Waals surface area (Å²) in [5, 5.41) is 2.74. The van der Waals surface area contributed by atoms with Crippen molar-refractivity contribution in [1.82, 2.24) is 4.98 Å². The molecule has 0 unspecified atom stereocenters. The van der Waals surface area contributed by atoms with E-state index < -0.39 is 0 Å². The second-order valence-corrected chi connectivity index (χ2v) is 5.78. The average molecular weight is 249 g/mol. The summed E-state index contributed by atoms with van der Waals surface area (Å²) in [6.45, 7) is 0. The first kappa shape index (κ1) is 11.1. The van der Waals surface area contributed by atoms with E-state index in [4.69, 9.17) is 0 Å². The molecule has 0 radical (unpaired) electrons. The molecule has 1 heteroatoms. The van der Waals surface area contributed by atoms with Crippen LogP contribution in [0.15, 0.2) is 42.5 Å². The number of rotatable bonds is 1. The molecule has 0 saturated heterocycles. The minimum Gasteiger partial charge on any atom is -0.354 e. The predicted molar refractivity (Wildman–Crippen MR) is 81.6 cm³/mol. The Morgan fingerprint density at radius 1 is 0.789 bits per heavy atom. The summed E-state index contributed by atoms with van der Waals surface area (Å²) in [6, 6.07) is 15.4. The molecule has 1 fully saturated rings. The Morgan fingerprint density at radius 2 is 1.58 bits per heavy atom. The molecule has 1 saturated carbocycles. The molecule has 0 amide bonds. The van der Waals surface area contributed by atoms with Crippen molar-refractivity contribution in [3.05, 3.63) is 48.0 Å². The van der Waals surface area contributed by atoms with Crippen molar-refractivity contribution in [2.24, 2.45) is 0 Å². The van der Waals surface area contributed by atoms with Gasteiger partial charge < -0.3 is 4.98 Å². The van der Waals surface area contributed by atoms with E-state index in [1.54, 1.807) is 0 Å². The number of para-hydroxylation sites is 2. The van der Waals surface area contributed by atoms with Crippen molar-refractivity contribution in [2.75, 3.05) is 0 Å². The standard InChI is InChI=1S/C18H19N/c1-2-7-13(8-3-1)14-10-6-11-16-15-9-4-5-12-17(15)19-18(14)16/h4-6,9-13,19H,1-3,7-8H2. The first-order chi connectivity index (χ1) is 9.43. The Balaban J connectivity index is 1.95. The highest BCUT2D eigenvalue weighted by molar-refractivity contribution is 6.08. The highest BCUT2D eigenvalue weighted by atomic mass is 14.7. The minimum atomic E-state index is 0.755. The highest BCUT2D eigenvalue weighted by Crippen LogP contribution is 2.37. The van der Waals surface area contributed by atoms with Crippen LogP contribution >= 0.6 is 0 Å². The van der Waals surface area contributed by atoms with Crippen LogP contribution in [0.4, 0.5) is 0 Å². The van der Waals surface area contributed by atoms with Crippen molar-refractivity contribution >= 4 is 21.8 Å². The molecule has 0 spiro atoms. The lowest BCUT2D eigenvalue weighted by Gasteiger charge is -2.22. The molecule has 4 rings (SSSR count). The molecule has 1 nitrogen and oxygen atoms in total. The van der Waals surface area contributed by atoms with Crippen LogP contribution in [0.2, 0.25) is 0 Å². The summed E-state index contributed by atoms with van der Waals surface area (Å²) in [6.07, 6.45) is 6.91. The molecular formula is C18H19N. The van der Waals surface area contributed by atoms with Gasteiger partial charge in [0, 0.05) is 21.8 Å². The van der Waals surface area contributed by atoms with Crippen molar-refractivity contribution in [3.8, 4) is 0 Å². The fourth-order valence-electron chi connectivity index (χ4n) is 3.65. The van der Waals surface area contributed by atoms with E-state index in [1.165, 1.54) is 59.5 Å². The maximum Gasteiger partial charge on any atom is 0.0500 e. The van der Waals surface area contributed by atoms with E-state index in [0.29, 0.717) is 0 Å². The molecule has 1 aliphatic rings. The van der Waals surface area contributed by atoms with Gasteiger partial charge in [-0.1, -0.05) is 55.7 Å². The largest absolute Gasteiger partial charge is 0.354 e. The Labute approximate surface area is 113 Å². The Morgan fingerprint density at radius 3 is 2.47 bits per heavy atom. The van der Waals surface area contributed by atoms with Crippen molar-refractivity contribution in [2.45, 2.75) is 38.0 Å². The van der Waals surface area contributed by atoms with Crippen LogP contribution in [0.1, 0.15) is 43.6 Å². The first-order valence-electron chi connectivity index (χ1n) is 7.43. The van der Waals surface area contributed by atoms with Gasteiger partial charge in [0.1, 0.15) is 0 Å². The topological polar surface area (TPSA) is 15.8 Å². The summed E-state index contributed by atoms with van der Waals surface area (Å²) in [7, 11) is 0. The van der Waals surface area contributed by atoms with Gasteiger partial charge in [-0.25, -0.2) is 0 Å². The van der Waals surface area contributed by atoms with Gasteiger partial charge in [-0.3, -0.25) is 0 Å². The van der Waals surface area contributed by atoms with E-state index >= 15 is 0 Å². The van der Waals surface area contributed by atoms with Crippen LogP contribution in [0, 0.1) is 0 Å². The van der Waals surface area contributed by atoms with Crippen LogP contribution in [-0.2, 0) is 0 Å². The van der Waals surface area contributed by atoms with E-state index in [9.17, 15) is 0 Å². The summed E-state index contributed by atoms with van der Waals surface area (Å²) < 4.78 is 0. The number of benzene rings is 2. The Hall–Kier alpha value is -1.76. The van der Waals surface area contributed by atoms with E-state index in [1.807, 2.05) is 0 Å². The van der Waals surface area contributed by atoms with Gasteiger partial charge in [0.15, 0.2) is 0 Å². The quantitative estimate of drug-likeness (QED) is 0.597. The number of nitrogens with one attached hydrogen (secondary N) is 1. The zero-order chi connectivity index (χ0) is 12.7. The second-order valence-electron chi connectivity index (χ2n) is 5.78. The van der Waals surface area contributed by atoms with Crippen molar-refractivity contribution in [1.29, 1.82) is 0 Å². The normalized spacial score (nSPS) is 17.3. The minimum absolute atomic E-state index is 0.755. The van der Waals surface area contributed by atoms with E-state index in [2.05, 4.69) is 47.4 Å². The maximum atomic E-state index is 3.64. The smallest absolute Gasteiger partial charge is 0.0500 e. The molecule has 19 heavy (non-hydrogen) atoms. The Kier molecular flexibility index (Phi) is 2.58. The van der Waals surface area contributed by atoms with Gasteiger partial charge in [0.2, 0.25) is 0 Å². The SMILES string of the molecule is c1ccc2c(c1)[nH]c1c(C3CCCCC3)cccc12. The molecule has 3 aromatic rings. The molecule has 1 N–H and O–H groups in total. The third-order valence-corrected chi connectivity index (χ3v) is 4.62. The molecular weight excluding hydrogens is 230 g/mol. The molecule has 0 bridgehead atoms. The van der Waals surface area contributed by atoms with Gasteiger partial charge in [0.25, 0.3) is 0 Å². The van der Waals surface area contributed by atoms with E-state index in [-0.39, 0.29) is 0 Å². The number of hydrogen-bond acceptors (Lipinski definition) is 0. The average Bonchev–Trinajstić information content (AvgIpc) is 2.87. The van der Waals surface area contributed by atoms with E-state index in [0.717, 1.165) is 5.92 Å². The molecule has 2 aromatic carbocycles. The van der Waals surface area contributed by atoms with Gasteiger partial charge in [-0.2, -0.15) is 0 Å². The second kappa shape index (κ2) is 4.41. The van der Waals surface area contributed by atoms with Gasteiger partial charge in [-0.05, 0) is 30.4 Å². The number of aromatic amines is 1. The van der Waals surface area contributed by atoms with Crippen LogP contribution in [-0.4, -0.2) is 4.98 Å². The zero-order valence-corrected chi connectivity index (χ0v) is 11.2. The fourth-order valence-corrected chi connectivity index (χ4v) is 3.65. The van der Waals surface area contributed by atoms with Crippen LogP contribution in [0.3, 0.4) is 0 Å². The highest BCUT2D eigenvalue weighted by Gasteiger charge is 2.18. The molecule has 1 aromatic heterocycles. The van der Waals surface area contributed by atoms with Gasteiger partial charge in [-0.15, -0.1) is 0 Å². The lowest BCUT2D eigenvalue weighted by atomic mass is 9.83. The van der Waals surface area contributed by atoms with Crippen LogP contribution in [0.5, 0.6) is 0 Å². The van der Waals surface area contributed by atoms with Crippen molar-refractivity contribution < 1.29 is 0 Å². The third-order valence-electron chi connectivity index (χ3n) is 4.62. The van der Waals surface area contributed by atoms with Crippen molar-refractivity contribution in [3.63, 3.8) is 0 Å². The number of H-pyrrole nitrogens is 1. The van der Waals surface area contributed by atoms with Gasteiger partial charge in [0.05, 0.1) is 0 Å². The fraction of sp³-hybridized carbons (Fsp3) is 0.333. The first-order valence-corrected chi connectivity index (χ1v) is 7.43. The number of aromatic nitrogens is 1. The number of hydrogen-bond donors (Lipinski definition) is 1. The molecule has 96 valence electrons. The summed E-state index contributed by atoms with van der Waals surface area (Å²) >= 11 is 0. The number of fused-ring (bicyclic) bond motifs is 3. The molecule has 1 aliphatic carbocycles. The molecule has 1 heterocycles. The molecule has 0 aliphatic heterocycles. The third kappa shape index (κ3) is 1.76. The predicted octanol–water partition coefficient (Wildman–Crippen LogP) is 5.37. The summed E-state index contributed by atoms with van der Waals surface area (Å²) in [5.41, 5.74) is 4.17.